The third kappa shape index (κ3) is 4.87. The third-order valence-corrected chi connectivity index (χ3v) is 6.95. The SMILES string of the molecule is Cc1cc(C)c(Cn2nc(-c3ccccc3)cc2C(=O)NS(=O)(=O)c2cccc(N)c2)c(C)c1. The maximum Gasteiger partial charge on any atom is 0.283 e. The molecule has 0 atom stereocenters. The van der Waals surface area contributed by atoms with E-state index >= 15 is 0 Å². The summed E-state index contributed by atoms with van der Waals surface area (Å²) in [6.07, 6.45) is 0. The lowest BCUT2D eigenvalue weighted by Gasteiger charge is -2.14. The van der Waals surface area contributed by atoms with Crippen molar-refractivity contribution in [3.05, 3.63) is 101 Å². The molecule has 3 aromatic carbocycles. The first-order valence-corrected chi connectivity index (χ1v) is 12.2. The van der Waals surface area contributed by atoms with Crippen molar-refractivity contribution in [2.24, 2.45) is 0 Å². The van der Waals surface area contributed by atoms with Crippen LogP contribution < -0.4 is 10.5 Å². The number of nitrogens with zero attached hydrogens (tertiary/aromatic N) is 2. The van der Waals surface area contributed by atoms with Gasteiger partial charge in [0.1, 0.15) is 5.69 Å². The van der Waals surface area contributed by atoms with Crippen molar-refractivity contribution >= 4 is 21.6 Å². The molecule has 0 spiro atoms. The van der Waals surface area contributed by atoms with Gasteiger partial charge in [-0.05, 0) is 61.7 Å². The summed E-state index contributed by atoms with van der Waals surface area (Å²) >= 11 is 0. The van der Waals surface area contributed by atoms with Gasteiger partial charge in [0.15, 0.2) is 0 Å². The van der Waals surface area contributed by atoms with Crippen LogP contribution in [0.3, 0.4) is 0 Å². The van der Waals surface area contributed by atoms with E-state index in [2.05, 4.69) is 22.0 Å². The monoisotopic (exact) mass is 474 g/mol. The van der Waals surface area contributed by atoms with Gasteiger partial charge in [0.2, 0.25) is 0 Å². The van der Waals surface area contributed by atoms with E-state index in [9.17, 15) is 13.2 Å². The van der Waals surface area contributed by atoms with Gasteiger partial charge in [0.05, 0.1) is 17.1 Å². The molecule has 0 bridgehead atoms. The number of carbonyl (C=O) groups excluding carboxylic acids is 1. The van der Waals surface area contributed by atoms with Gasteiger partial charge < -0.3 is 5.73 Å². The Morgan fingerprint density at radius 3 is 2.26 bits per heavy atom. The predicted octanol–water partition coefficient (Wildman–Crippen LogP) is 4.22. The zero-order valence-corrected chi connectivity index (χ0v) is 20.1. The minimum atomic E-state index is -4.12. The van der Waals surface area contributed by atoms with Crippen LogP contribution in [-0.2, 0) is 16.6 Å². The molecule has 4 aromatic rings. The van der Waals surface area contributed by atoms with Crippen molar-refractivity contribution in [1.29, 1.82) is 0 Å². The van der Waals surface area contributed by atoms with Crippen molar-refractivity contribution in [3.63, 3.8) is 0 Å². The highest BCUT2D eigenvalue weighted by molar-refractivity contribution is 7.90. The molecule has 0 aliphatic heterocycles. The lowest BCUT2D eigenvalue weighted by Crippen LogP contribution is -2.32. The molecule has 8 heteroatoms. The van der Waals surface area contributed by atoms with E-state index in [-0.39, 0.29) is 16.3 Å². The summed E-state index contributed by atoms with van der Waals surface area (Å²) in [5.74, 6) is -0.764. The van der Waals surface area contributed by atoms with Gasteiger partial charge in [-0.25, -0.2) is 13.1 Å². The van der Waals surface area contributed by atoms with Crippen LogP contribution in [0.1, 0.15) is 32.7 Å². The minimum Gasteiger partial charge on any atom is -0.399 e. The third-order valence-electron chi connectivity index (χ3n) is 5.63. The van der Waals surface area contributed by atoms with E-state index in [0.717, 1.165) is 27.8 Å². The molecule has 0 radical (unpaired) electrons. The van der Waals surface area contributed by atoms with Crippen LogP contribution in [0.2, 0.25) is 0 Å². The number of hydrogen-bond acceptors (Lipinski definition) is 5. The molecule has 7 nitrogen and oxygen atoms in total. The van der Waals surface area contributed by atoms with Crippen molar-refractivity contribution in [1.82, 2.24) is 14.5 Å². The number of aryl methyl sites for hydroxylation is 3. The van der Waals surface area contributed by atoms with Crippen LogP contribution in [0.5, 0.6) is 0 Å². The van der Waals surface area contributed by atoms with Gasteiger partial charge in [-0.3, -0.25) is 9.48 Å². The second kappa shape index (κ2) is 9.15. The summed E-state index contributed by atoms with van der Waals surface area (Å²) < 4.78 is 29.4. The largest absolute Gasteiger partial charge is 0.399 e. The summed E-state index contributed by atoms with van der Waals surface area (Å²) in [5.41, 5.74) is 11.9. The zero-order valence-electron chi connectivity index (χ0n) is 19.2. The molecular weight excluding hydrogens is 448 g/mol. The number of benzene rings is 3. The fourth-order valence-electron chi connectivity index (χ4n) is 3.99. The predicted molar refractivity (Wildman–Crippen MR) is 133 cm³/mol. The van der Waals surface area contributed by atoms with Crippen molar-refractivity contribution in [2.45, 2.75) is 32.2 Å². The Kier molecular flexibility index (Phi) is 6.26. The summed E-state index contributed by atoms with van der Waals surface area (Å²) in [7, 11) is -4.12. The topological polar surface area (TPSA) is 107 Å². The minimum absolute atomic E-state index is 0.0829. The average Bonchev–Trinajstić information content (AvgIpc) is 3.21. The normalized spacial score (nSPS) is 11.4. The number of sulfonamides is 1. The molecule has 0 fully saturated rings. The first kappa shape index (κ1) is 23.3. The van der Waals surface area contributed by atoms with Gasteiger partial charge in [-0.1, -0.05) is 54.1 Å². The fourth-order valence-corrected chi connectivity index (χ4v) is 5.01. The highest BCUT2D eigenvalue weighted by Crippen LogP contribution is 2.23. The Hall–Kier alpha value is -3.91. The zero-order chi connectivity index (χ0) is 24.5. The standard InChI is InChI=1S/C26H26N4O3S/c1-17-12-18(2)23(19(3)13-17)16-30-25(15-24(28-30)20-8-5-4-6-9-20)26(31)29-34(32,33)22-11-7-10-21(27)14-22/h4-15H,16,27H2,1-3H3,(H,29,31). The Bertz CT molecular complexity index is 1450. The van der Waals surface area contributed by atoms with Crippen molar-refractivity contribution in [2.75, 3.05) is 5.73 Å². The number of aromatic nitrogens is 2. The van der Waals surface area contributed by atoms with E-state index in [1.807, 2.05) is 51.1 Å². The Labute approximate surface area is 199 Å². The van der Waals surface area contributed by atoms with Crippen LogP contribution >= 0.6 is 0 Å². The van der Waals surface area contributed by atoms with Crippen LogP contribution in [0.25, 0.3) is 11.3 Å². The van der Waals surface area contributed by atoms with Crippen LogP contribution in [0.4, 0.5) is 5.69 Å². The Balaban J connectivity index is 1.75. The summed E-state index contributed by atoms with van der Waals surface area (Å²) in [4.78, 5) is 13.1. The first-order valence-electron chi connectivity index (χ1n) is 10.8. The summed E-state index contributed by atoms with van der Waals surface area (Å²) in [6, 6.07) is 21.0. The number of amides is 1. The molecule has 1 amide bonds. The molecule has 0 saturated carbocycles. The maximum absolute atomic E-state index is 13.2. The average molecular weight is 475 g/mol. The van der Waals surface area contributed by atoms with Crippen LogP contribution in [0.15, 0.2) is 77.7 Å². The fraction of sp³-hybridized carbons (Fsp3) is 0.154. The molecule has 1 heterocycles. The molecule has 4 rings (SSSR count). The quantitative estimate of drug-likeness (QED) is 0.407. The van der Waals surface area contributed by atoms with Gasteiger partial charge in [0.25, 0.3) is 15.9 Å². The van der Waals surface area contributed by atoms with Gasteiger partial charge in [-0.2, -0.15) is 5.10 Å². The second-order valence-corrected chi connectivity index (χ2v) is 10.0. The first-order chi connectivity index (χ1) is 16.1. The summed E-state index contributed by atoms with van der Waals surface area (Å²) in [6.45, 7) is 6.39. The highest BCUT2D eigenvalue weighted by Gasteiger charge is 2.23. The molecule has 34 heavy (non-hydrogen) atoms. The van der Waals surface area contributed by atoms with E-state index in [1.165, 1.54) is 18.2 Å². The molecule has 0 aliphatic rings. The number of nitrogens with one attached hydrogen (secondary N) is 1. The molecule has 0 saturated heterocycles. The smallest absolute Gasteiger partial charge is 0.283 e. The molecule has 0 unspecified atom stereocenters. The van der Waals surface area contributed by atoms with Gasteiger partial charge >= 0.3 is 0 Å². The molecule has 1 aromatic heterocycles. The number of hydrogen-bond donors (Lipinski definition) is 2. The molecule has 3 N–H and O–H groups in total. The van der Waals surface area contributed by atoms with Crippen molar-refractivity contribution in [3.8, 4) is 11.3 Å². The second-order valence-electron chi connectivity index (χ2n) is 8.32. The van der Waals surface area contributed by atoms with Gasteiger partial charge in [-0.15, -0.1) is 0 Å². The molecule has 0 aliphatic carbocycles. The number of nitrogen functional groups attached to an aromatic ring is 1. The Morgan fingerprint density at radius 2 is 1.62 bits per heavy atom. The number of anilines is 1. The van der Waals surface area contributed by atoms with E-state index < -0.39 is 15.9 Å². The van der Waals surface area contributed by atoms with Crippen LogP contribution in [0, 0.1) is 20.8 Å². The number of rotatable bonds is 6. The highest BCUT2D eigenvalue weighted by atomic mass is 32.2. The molecule has 174 valence electrons. The van der Waals surface area contributed by atoms with E-state index in [4.69, 9.17) is 5.73 Å². The van der Waals surface area contributed by atoms with E-state index in [1.54, 1.807) is 16.8 Å². The number of carbonyl (C=O) groups is 1. The Morgan fingerprint density at radius 1 is 0.941 bits per heavy atom. The lowest BCUT2D eigenvalue weighted by molar-refractivity contribution is 0.0971. The van der Waals surface area contributed by atoms with Crippen LogP contribution in [-0.4, -0.2) is 24.1 Å². The molecular formula is C26H26N4O3S. The number of nitrogens with two attached hydrogens (primary N) is 1. The van der Waals surface area contributed by atoms with Crippen molar-refractivity contribution < 1.29 is 13.2 Å². The maximum atomic E-state index is 13.2. The summed E-state index contributed by atoms with van der Waals surface area (Å²) in [5, 5.41) is 4.66. The van der Waals surface area contributed by atoms with Gasteiger partial charge in [0, 0.05) is 11.3 Å². The van der Waals surface area contributed by atoms with E-state index in [0.29, 0.717) is 12.2 Å². The lowest BCUT2D eigenvalue weighted by atomic mass is 10.00.